The first-order chi connectivity index (χ1) is 8.37. The van der Waals surface area contributed by atoms with Gasteiger partial charge in [-0.2, -0.15) is 4.31 Å². The summed E-state index contributed by atoms with van der Waals surface area (Å²) >= 11 is 1.20. The zero-order valence-electron chi connectivity index (χ0n) is 10.5. The molecule has 0 saturated heterocycles. The Kier molecular flexibility index (Phi) is 5.30. The van der Waals surface area contributed by atoms with Crippen LogP contribution in [0.2, 0.25) is 0 Å². The first-order valence-electron chi connectivity index (χ1n) is 5.72. The van der Waals surface area contributed by atoms with Crippen LogP contribution in [0.4, 0.5) is 0 Å². The van der Waals surface area contributed by atoms with Crippen LogP contribution in [0.15, 0.2) is 16.3 Å². The largest absolute Gasteiger partial charge is 0.369 e. The van der Waals surface area contributed by atoms with Gasteiger partial charge in [-0.3, -0.25) is 4.79 Å². The van der Waals surface area contributed by atoms with Crippen LogP contribution in [-0.4, -0.2) is 31.7 Å². The monoisotopic (exact) mass is 290 g/mol. The van der Waals surface area contributed by atoms with E-state index in [-0.39, 0.29) is 10.8 Å². The number of primary amides is 1. The summed E-state index contributed by atoms with van der Waals surface area (Å²) in [6.45, 7) is 3.86. The average Bonchev–Trinajstić information content (AvgIpc) is 2.71. The van der Waals surface area contributed by atoms with Gasteiger partial charge in [-0.1, -0.05) is 13.3 Å². The lowest BCUT2D eigenvalue weighted by atomic mass is 10.3. The maximum atomic E-state index is 12.3. The summed E-state index contributed by atoms with van der Waals surface area (Å²) in [6.07, 6.45) is 1.56. The molecule has 0 bridgehead atoms. The van der Waals surface area contributed by atoms with Gasteiger partial charge in [0.25, 0.3) is 10.0 Å². The standard InChI is InChI=1S/C11H18N2O3S2/c1-3-4-7-13(8-10(12)14)18(15,16)11-6-5-9(2)17-11/h5-6H,3-4,7-8H2,1-2H3,(H2,12,14). The Bertz CT molecular complexity index is 508. The number of nitrogens with two attached hydrogens (primary N) is 1. The predicted molar refractivity (Wildman–Crippen MR) is 71.9 cm³/mol. The Morgan fingerprint density at radius 1 is 1.44 bits per heavy atom. The van der Waals surface area contributed by atoms with Crippen LogP contribution < -0.4 is 5.73 Å². The minimum atomic E-state index is -3.60. The van der Waals surface area contributed by atoms with Crippen LogP contribution >= 0.6 is 11.3 Å². The van der Waals surface area contributed by atoms with Crippen molar-refractivity contribution in [2.75, 3.05) is 13.1 Å². The summed E-state index contributed by atoms with van der Waals surface area (Å²) < 4.78 is 26.0. The van der Waals surface area contributed by atoms with Gasteiger partial charge in [-0.05, 0) is 25.5 Å². The van der Waals surface area contributed by atoms with Crippen LogP contribution in [0.1, 0.15) is 24.6 Å². The molecule has 102 valence electrons. The third-order valence-electron chi connectivity index (χ3n) is 2.40. The second-order valence-corrected chi connectivity index (χ2v) is 7.48. The van der Waals surface area contributed by atoms with Crippen LogP contribution in [-0.2, 0) is 14.8 Å². The Balaban J connectivity index is 2.98. The van der Waals surface area contributed by atoms with Gasteiger partial charge < -0.3 is 5.73 Å². The molecule has 1 heterocycles. The molecule has 0 unspecified atom stereocenters. The van der Waals surface area contributed by atoms with Crippen LogP contribution in [0.25, 0.3) is 0 Å². The number of hydrogen-bond donors (Lipinski definition) is 1. The van der Waals surface area contributed by atoms with Gasteiger partial charge in [-0.15, -0.1) is 11.3 Å². The molecular weight excluding hydrogens is 272 g/mol. The molecule has 1 rings (SSSR count). The molecule has 0 spiro atoms. The highest BCUT2D eigenvalue weighted by molar-refractivity contribution is 7.91. The summed E-state index contributed by atoms with van der Waals surface area (Å²) in [5, 5.41) is 0. The topological polar surface area (TPSA) is 80.5 Å². The van der Waals surface area contributed by atoms with Crippen LogP contribution in [0, 0.1) is 6.92 Å². The number of hydrogen-bond acceptors (Lipinski definition) is 4. The number of nitrogens with zero attached hydrogens (tertiary/aromatic N) is 1. The summed E-state index contributed by atoms with van der Waals surface area (Å²) in [5.41, 5.74) is 5.10. The van der Waals surface area contributed by atoms with E-state index in [1.807, 2.05) is 13.8 Å². The van der Waals surface area contributed by atoms with E-state index in [1.54, 1.807) is 12.1 Å². The van der Waals surface area contributed by atoms with Crippen molar-refractivity contribution in [2.24, 2.45) is 5.73 Å². The molecule has 0 aromatic carbocycles. The van der Waals surface area contributed by atoms with Crippen molar-refractivity contribution < 1.29 is 13.2 Å². The van der Waals surface area contributed by atoms with Gasteiger partial charge in [0, 0.05) is 11.4 Å². The summed E-state index contributed by atoms with van der Waals surface area (Å²) in [7, 11) is -3.60. The van der Waals surface area contributed by atoms with Gasteiger partial charge in [0.05, 0.1) is 6.54 Å². The highest BCUT2D eigenvalue weighted by Crippen LogP contribution is 2.24. The fourth-order valence-corrected chi connectivity index (χ4v) is 4.35. The molecule has 0 atom stereocenters. The second kappa shape index (κ2) is 6.31. The number of rotatable bonds is 7. The molecule has 5 nitrogen and oxygen atoms in total. The zero-order valence-corrected chi connectivity index (χ0v) is 12.2. The molecule has 1 aromatic heterocycles. The van der Waals surface area contributed by atoms with E-state index in [9.17, 15) is 13.2 Å². The highest BCUT2D eigenvalue weighted by atomic mass is 32.2. The molecule has 18 heavy (non-hydrogen) atoms. The Morgan fingerprint density at radius 3 is 2.56 bits per heavy atom. The van der Waals surface area contributed by atoms with E-state index in [0.29, 0.717) is 13.0 Å². The number of aryl methyl sites for hydroxylation is 1. The SMILES string of the molecule is CCCCN(CC(N)=O)S(=O)(=O)c1ccc(C)s1. The van der Waals surface area contributed by atoms with Gasteiger partial charge in [0.15, 0.2) is 0 Å². The highest BCUT2D eigenvalue weighted by Gasteiger charge is 2.26. The van der Waals surface area contributed by atoms with Gasteiger partial charge in [0.1, 0.15) is 4.21 Å². The van der Waals surface area contributed by atoms with E-state index in [2.05, 4.69) is 0 Å². The summed E-state index contributed by atoms with van der Waals surface area (Å²) in [4.78, 5) is 11.9. The molecule has 0 fully saturated rings. The van der Waals surface area contributed by atoms with Gasteiger partial charge in [-0.25, -0.2) is 8.42 Å². The molecule has 0 saturated carbocycles. The Hall–Kier alpha value is -0.920. The normalized spacial score (nSPS) is 11.9. The number of carbonyl (C=O) groups is 1. The van der Waals surface area contributed by atoms with Crippen molar-refractivity contribution in [1.29, 1.82) is 0 Å². The third-order valence-corrected chi connectivity index (χ3v) is 5.72. The van der Waals surface area contributed by atoms with Crippen molar-refractivity contribution in [2.45, 2.75) is 30.9 Å². The average molecular weight is 290 g/mol. The maximum absolute atomic E-state index is 12.3. The lowest BCUT2D eigenvalue weighted by Gasteiger charge is -2.19. The lowest BCUT2D eigenvalue weighted by Crippen LogP contribution is -2.38. The molecule has 0 radical (unpaired) electrons. The predicted octanol–water partition coefficient (Wildman–Crippen LogP) is 1.33. The van der Waals surface area contributed by atoms with Crippen molar-refractivity contribution in [3.05, 3.63) is 17.0 Å². The minimum Gasteiger partial charge on any atom is -0.369 e. The Morgan fingerprint density at radius 2 is 2.11 bits per heavy atom. The number of thiophene rings is 1. The van der Waals surface area contributed by atoms with Crippen molar-refractivity contribution in [3.8, 4) is 0 Å². The molecule has 1 amide bonds. The van der Waals surface area contributed by atoms with Crippen molar-refractivity contribution in [1.82, 2.24) is 4.31 Å². The number of unbranched alkanes of at least 4 members (excludes halogenated alkanes) is 1. The van der Waals surface area contributed by atoms with Crippen molar-refractivity contribution >= 4 is 27.3 Å². The first kappa shape index (κ1) is 15.1. The molecule has 7 heteroatoms. The van der Waals surface area contributed by atoms with Crippen LogP contribution in [0.5, 0.6) is 0 Å². The smallest absolute Gasteiger partial charge is 0.253 e. The second-order valence-electron chi connectivity index (χ2n) is 4.02. The first-order valence-corrected chi connectivity index (χ1v) is 7.98. The molecule has 0 aliphatic rings. The van der Waals surface area contributed by atoms with E-state index in [4.69, 9.17) is 5.73 Å². The lowest BCUT2D eigenvalue weighted by molar-refractivity contribution is -0.118. The molecule has 0 aliphatic heterocycles. The fourth-order valence-electron chi connectivity index (χ4n) is 1.47. The van der Waals surface area contributed by atoms with Gasteiger partial charge >= 0.3 is 0 Å². The van der Waals surface area contributed by atoms with E-state index < -0.39 is 15.9 Å². The maximum Gasteiger partial charge on any atom is 0.253 e. The molecule has 0 aliphatic carbocycles. The fraction of sp³-hybridized carbons (Fsp3) is 0.545. The number of sulfonamides is 1. The van der Waals surface area contributed by atoms with E-state index in [1.165, 1.54) is 11.3 Å². The number of amides is 1. The minimum absolute atomic E-state index is 0.261. The Labute approximate surface area is 112 Å². The van der Waals surface area contributed by atoms with Crippen molar-refractivity contribution in [3.63, 3.8) is 0 Å². The zero-order chi connectivity index (χ0) is 13.8. The summed E-state index contributed by atoms with van der Waals surface area (Å²) in [5.74, 6) is -0.636. The third kappa shape index (κ3) is 3.79. The van der Waals surface area contributed by atoms with Gasteiger partial charge in [0.2, 0.25) is 5.91 Å². The van der Waals surface area contributed by atoms with E-state index in [0.717, 1.165) is 15.6 Å². The molecule has 2 N–H and O–H groups in total. The van der Waals surface area contributed by atoms with E-state index >= 15 is 0 Å². The number of carbonyl (C=O) groups excluding carboxylic acids is 1. The quantitative estimate of drug-likeness (QED) is 0.822. The molecule has 1 aromatic rings. The summed E-state index contributed by atoms with van der Waals surface area (Å²) in [6, 6.07) is 3.31. The van der Waals surface area contributed by atoms with Crippen LogP contribution in [0.3, 0.4) is 0 Å². The molecular formula is C11H18N2O3S2.